The van der Waals surface area contributed by atoms with Crippen LogP contribution in [0.5, 0.6) is 0 Å². The van der Waals surface area contributed by atoms with Crippen LogP contribution in [0.25, 0.3) is 22.6 Å². The van der Waals surface area contributed by atoms with Crippen LogP contribution in [-0.4, -0.2) is 12.1 Å². The number of nitrogens with zero attached hydrogens (tertiary/aromatic N) is 1. The second kappa shape index (κ2) is 8.80. The molecular formula is C25H20ClN3O. The number of nitrogens with two attached hydrogens (primary N) is 1. The topological polar surface area (TPSA) is 75.4 Å². The minimum Gasteiger partial charge on any atom is -0.456 e. The maximum atomic E-state index is 7.42. The monoisotopic (exact) mass is 413 g/mol. The molecule has 3 N–H and O–H groups in total. The van der Waals surface area contributed by atoms with E-state index in [-0.39, 0.29) is 0 Å². The Morgan fingerprint density at radius 1 is 0.900 bits per heavy atom. The van der Waals surface area contributed by atoms with Gasteiger partial charge in [-0.15, -0.1) is 0 Å². The van der Waals surface area contributed by atoms with Gasteiger partial charge in [-0.25, -0.2) is 0 Å². The number of benzene rings is 3. The summed E-state index contributed by atoms with van der Waals surface area (Å²) in [6.07, 6.45) is 1.32. The average molecular weight is 414 g/mol. The summed E-state index contributed by atoms with van der Waals surface area (Å²) in [5.41, 5.74) is 10.8. The lowest BCUT2D eigenvalue weighted by Crippen LogP contribution is -2.13. The van der Waals surface area contributed by atoms with Gasteiger partial charge in [0, 0.05) is 27.9 Å². The van der Waals surface area contributed by atoms with E-state index in [1.807, 2.05) is 84.9 Å². The van der Waals surface area contributed by atoms with Gasteiger partial charge in [0.1, 0.15) is 17.4 Å². The lowest BCUT2D eigenvalue weighted by Gasteiger charge is -2.05. The number of aliphatic imine (C=N–C) groups is 1. The van der Waals surface area contributed by atoms with E-state index in [2.05, 4.69) is 4.99 Å². The second-order valence-electron chi connectivity index (χ2n) is 6.84. The molecule has 0 radical (unpaired) electrons. The lowest BCUT2D eigenvalue weighted by molar-refractivity contribution is 0.597. The number of hydrogen-bond donors (Lipinski definition) is 2. The largest absolute Gasteiger partial charge is 0.456 e. The van der Waals surface area contributed by atoms with Gasteiger partial charge in [-0.1, -0.05) is 60.1 Å². The van der Waals surface area contributed by atoms with Crippen LogP contribution in [0.3, 0.4) is 0 Å². The van der Waals surface area contributed by atoms with Crippen molar-refractivity contribution in [3.05, 3.63) is 107 Å². The first-order chi connectivity index (χ1) is 14.6. The van der Waals surface area contributed by atoms with Crippen LogP contribution >= 0.6 is 11.6 Å². The predicted octanol–water partition coefficient (Wildman–Crippen LogP) is 6.17. The molecule has 5 heteroatoms. The molecule has 30 heavy (non-hydrogen) atoms. The standard InChI is InChI=1S/C25H20ClN3O/c26-22-9-7-17(8-10-22)16-29-25(28)21-6-2-5-20(14-21)24-12-11-23(30-24)19-4-1-3-18(13-19)15-27/h1-15,27H,16H2,(H2,28,29). The number of nitrogens with one attached hydrogen (secondary N) is 1. The Balaban J connectivity index is 1.56. The molecule has 4 aromatic rings. The Hall–Kier alpha value is -3.63. The third-order valence-corrected chi connectivity index (χ3v) is 4.98. The van der Waals surface area contributed by atoms with Crippen LogP contribution in [0.4, 0.5) is 0 Å². The van der Waals surface area contributed by atoms with Crippen molar-refractivity contribution in [2.45, 2.75) is 6.54 Å². The highest BCUT2D eigenvalue weighted by Crippen LogP contribution is 2.29. The lowest BCUT2D eigenvalue weighted by atomic mass is 10.1. The van der Waals surface area contributed by atoms with Crippen LogP contribution in [0, 0.1) is 5.41 Å². The number of halogens is 1. The van der Waals surface area contributed by atoms with Crippen molar-refractivity contribution in [2.75, 3.05) is 0 Å². The van der Waals surface area contributed by atoms with Crippen molar-refractivity contribution in [2.24, 2.45) is 10.7 Å². The van der Waals surface area contributed by atoms with Gasteiger partial charge in [0.2, 0.25) is 0 Å². The van der Waals surface area contributed by atoms with Gasteiger partial charge in [-0.2, -0.15) is 0 Å². The van der Waals surface area contributed by atoms with Crippen LogP contribution in [0.1, 0.15) is 16.7 Å². The molecule has 4 rings (SSSR count). The van der Waals surface area contributed by atoms with Crippen molar-refractivity contribution < 1.29 is 4.42 Å². The van der Waals surface area contributed by atoms with E-state index < -0.39 is 0 Å². The zero-order valence-corrected chi connectivity index (χ0v) is 16.9. The summed E-state index contributed by atoms with van der Waals surface area (Å²) in [5, 5.41) is 8.12. The zero-order valence-electron chi connectivity index (χ0n) is 16.2. The van der Waals surface area contributed by atoms with Crippen LogP contribution < -0.4 is 5.73 Å². The molecule has 0 unspecified atom stereocenters. The van der Waals surface area contributed by atoms with Gasteiger partial charge in [-0.05, 0) is 47.5 Å². The molecule has 3 aromatic carbocycles. The Bertz CT molecular complexity index is 1210. The van der Waals surface area contributed by atoms with Crippen LogP contribution in [-0.2, 0) is 6.54 Å². The van der Waals surface area contributed by atoms with Gasteiger partial charge < -0.3 is 15.6 Å². The van der Waals surface area contributed by atoms with Gasteiger partial charge in [0.25, 0.3) is 0 Å². The Labute approximate surface area is 180 Å². The SMILES string of the molecule is N=Cc1cccc(-c2ccc(-c3cccc(C(N)=NCc4ccc(Cl)cc4)c3)o2)c1. The van der Waals surface area contributed by atoms with E-state index >= 15 is 0 Å². The fraction of sp³-hybridized carbons (Fsp3) is 0.0400. The molecule has 0 amide bonds. The average Bonchev–Trinajstić information content (AvgIpc) is 3.29. The van der Waals surface area contributed by atoms with E-state index in [0.717, 1.165) is 39.3 Å². The van der Waals surface area contributed by atoms with E-state index in [4.69, 9.17) is 27.2 Å². The number of furan rings is 1. The quantitative estimate of drug-likeness (QED) is 0.293. The van der Waals surface area contributed by atoms with Crippen molar-refractivity contribution in [1.82, 2.24) is 0 Å². The molecule has 0 saturated heterocycles. The van der Waals surface area contributed by atoms with Crippen LogP contribution in [0.2, 0.25) is 5.02 Å². The fourth-order valence-corrected chi connectivity index (χ4v) is 3.25. The van der Waals surface area contributed by atoms with Crippen molar-refractivity contribution in [1.29, 1.82) is 5.41 Å². The molecule has 148 valence electrons. The summed E-state index contributed by atoms with van der Waals surface area (Å²) in [4.78, 5) is 4.50. The maximum Gasteiger partial charge on any atom is 0.134 e. The first-order valence-electron chi connectivity index (χ1n) is 9.48. The Kier molecular flexibility index (Phi) is 5.77. The van der Waals surface area contributed by atoms with Gasteiger partial charge in [0.05, 0.1) is 6.54 Å². The zero-order chi connectivity index (χ0) is 20.9. The van der Waals surface area contributed by atoms with Gasteiger partial charge >= 0.3 is 0 Å². The number of rotatable bonds is 6. The molecule has 0 aliphatic carbocycles. The molecule has 1 heterocycles. The van der Waals surface area contributed by atoms with Crippen LogP contribution in [0.15, 0.2) is 94.3 Å². The minimum absolute atomic E-state index is 0.470. The molecule has 0 atom stereocenters. The normalized spacial score (nSPS) is 11.4. The summed E-state index contributed by atoms with van der Waals surface area (Å²) < 4.78 is 6.06. The van der Waals surface area contributed by atoms with Gasteiger partial charge in [-0.3, -0.25) is 4.99 Å². The van der Waals surface area contributed by atoms with Crippen molar-refractivity contribution in [3.63, 3.8) is 0 Å². The Morgan fingerprint density at radius 3 is 2.27 bits per heavy atom. The van der Waals surface area contributed by atoms with E-state index in [1.165, 1.54) is 6.21 Å². The summed E-state index contributed by atoms with van der Waals surface area (Å²) in [6.45, 7) is 0.488. The van der Waals surface area contributed by atoms with Gasteiger partial charge in [0.15, 0.2) is 0 Å². The van der Waals surface area contributed by atoms with E-state index in [0.29, 0.717) is 17.4 Å². The van der Waals surface area contributed by atoms with E-state index in [9.17, 15) is 0 Å². The number of amidine groups is 1. The first-order valence-corrected chi connectivity index (χ1v) is 9.86. The maximum absolute atomic E-state index is 7.42. The number of hydrogen-bond acceptors (Lipinski definition) is 3. The Morgan fingerprint density at radius 2 is 1.57 bits per heavy atom. The molecule has 0 aliphatic rings. The summed E-state index contributed by atoms with van der Waals surface area (Å²) in [6, 6.07) is 26.9. The molecule has 0 fully saturated rings. The second-order valence-corrected chi connectivity index (χ2v) is 7.28. The molecule has 0 saturated carbocycles. The molecular weight excluding hydrogens is 394 g/mol. The highest BCUT2D eigenvalue weighted by Gasteiger charge is 2.09. The molecule has 0 aliphatic heterocycles. The molecule has 4 nitrogen and oxygen atoms in total. The van der Waals surface area contributed by atoms with E-state index in [1.54, 1.807) is 0 Å². The predicted molar refractivity (Wildman–Crippen MR) is 123 cm³/mol. The smallest absolute Gasteiger partial charge is 0.134 e. The molecule has 0 bridgehead atoms. The fourth-order valence-electron chi connectivity index (χ4n) is 3.12. The van der Waals surface area contributed by atoms with Crippen molar-refractivity contribution in [3.8, 4) is 22.6 Å². The summed E-state index contributed by atoms with van der Waals surface area (Å²) >= 11 is 5.92. The third-order valence-electron chi connectivity index (χ3n) is 4.73. The molecule has 1 aromatic heterocycles. The minimum atomic E-state index is 0.470. The highest BCUT2D eigenvalue weighted by atomic mass is 35.5. The highest BCUT2D eigenvalue weighted by molar-refractivity contribution is 6.30. The van der Waals surface area contributed by atoms with Crippen molar-refractivity contribution >= 4 is 23.7 Å². The first kappa shape index (κ1) is 19.7. The molecule has 0 spiro atoms. The summed E-state index contributed by atoms with van der Waals surface area (Å²) in [7, 11) is 0. The summed E-state index contributed by atoms with van der Waals surface area (Å²) in [5.74, 6) is 1.97. The third kappa shape index (κ3) is 4.50.